The standard InChI is InChI=1S/C13H20BrN3/c1-17(11-4-2-3-5-11)9-8-16-13-6-7-15-10-12(13)14/h6-7,10-11H,2-5,8-9H2,1H3,(H,15,16). The van der Waals surface area contributed by atoms with Crippen LogP contribution in [0.25, 0.3) is 0 Å². The molecule has 1 heterocycles. The number of hydrogen-bond donors (Lipinski definition) is 1. The molecule has 1 aromatic rings. The molecule has 0 amide bonds. The average molecular weight is 298 g/mol. The van der Waals surface area contributed by atoms with Gasteiger partial charge in [0.1, 0.15) is 0 Å². The van der Waals surface area contributed by atoms with Gasteiger partial charge in [-0.25, -0.2) is 0 Å². The molecule has 4 heteroatoms. The topological polar surface area (TPSA) is 28.2 Å². The number of halogens is 1. The van der Waals surface area contributed by atoms with Gasteiger partial charge in [0, 0.05) is 31.5 Å². The molecule has 0 aliphatic heterocycles. The van der Waals surface area contributed by atoms with E-state index >= 15 is 0 Å². The quantitative estimate of drug-likeness (QED) is 0.905. The van der Waals surface area contributed by atoms with E-state index in [0.717, 1.165) is 29.3 Å². The van der Waals surface area contributed by atoms with E-state index in [2.05, 4.69) is 38.2 Å². The second-order valence-electron chi connectivity index (χ2n) is 4.70. The van der Waals surface area contributed by atoms with Crippen molar-refractivity contribution < 1.29 is 0 Å². The van der Waals surface area contributed by atoms with Gasteiger partial charge >= 0.3 is 0 Å². The Balaban J connectivity index is 1.74. The van der Waals surface area contributed by atoms with Gasteiger partial charge < -0.3 is 10.2 Å². The highest BCUT2D eigenvalue weighted by Gasteiger charge is 2.18. The van der Waals surface area contributed by atoms with Crippen molar-refractivity contribution in [1.29, 1.82) is 0 Å². The fourth-order valence-corrected chi connectivity index (χ4v) is 2.80. The molecule has 1 saturated carbocycles. The lowest BCUT2D eigenvalue weighted by Crippen LogP contribution is -2.33. The molecular formula is C13H20BrN3. The average Bonchev–Trinajstić information content (AvgIpc) is 2.85. The number of aromatic nitrogens is 1. The maximum absolute atomic E-state index is 4.05. The summed E-state index contributed by atoms with van der Waals surface area (Å²) in [7, 11) is 2.24. The molecule has 1 aliphatic rings. The molecule has 0 unspecified atom stereocenters. The van der Waals surface area contributed by atoms with Crippen molar-refractivity contribution in [3.8, 4) is 0 Å². The summed E-state index contributed by atoms with van der Waals surface area (Å²) in [6, 6.07) is 2.80. The summed E-state index contributed by atoms with van der Waals surface area (Å²) in [4.78, 5) is 6.54. The van der Waals surface area contributed by atoms with Crippen molar-refractivity contribution in [1.82, 2.24) is 9.88 Å². The highest BCUT2D eigenvalue weighted by atomic mass is 79.9. The first-order valence-electron chi connectivity index (χ1n) is 6.31. The Hall–Kier alpha value is -0.610. The first-order chi connectivity index (χ1) is 8.27. The smallest absolute Gasteiger partial charge is 0.0590 e. The predicted octanol–water partition coefficient (Wildman–Crippen LogP) is 3.13. The Kier molecular flexibility index (Phi) is 4.80. The molecule has 0 aromatic carbocycles. The summed E-state index contributed by atoms with van der Waals surface area (Å²) in [5.41, 5.74) is 1.12. The molecule has 1 aliphatic carbocycles. The number of nitrogens with one attached hydrogen (secondary N) is 1. The van der Waals surface area contributed by atoms with Crippen LogP contribution in [0.5, 0.6) is 0 Å². The second kappa shape index (κ2) is 6.36. The van der Waals surface area contributed by atoms with Gasteiger partial charge in [-0.3, -0.25) is 4.98 Å². The lowest BCUT2D eigenvalue weighted by atomic mass is 10.2. The molecule has 2 rings (SSSR count). The minimum atomic E-state index is 0.803. The van der Waals surface area contributed by atoms with Crippen LogP contribution in [0.2, 0.25) is 0 Å². The normalized spacial score (nSPS) is 16.6. The summed E-state index contributed by atoms with van der Waals surface area (Å²) in [6.07, 6.45) is 9.18. The van der Waals surface area contributed by atoms with Crippen LogP contribution in [0.3, 0.4) is 0 Å². The highest BCUT2D eigenvalue weighted by molar-refractivity contribution is 9.10. The first-order valence-corrected chi connectivity index (χ1v) is 7.10. The van der Waals surface area contributed by atoms with E-state index in [4.69, 9.17) is 0 Å². The minimum absolute atomic E-state index is 0.803. The van der Waals surface area contributed by atoms with E-state index in [1.807, 2.05) is 18.5 Å². The van der Waals surface area contributed by atoms with E-state index in [-0.39, 0.29) is 0 Å². The largest absolute Gasteiger partial charge is 0.383 e. The Morgan fingerprint density at radius 3 is 2.94 bits per heavy atom. The van der Waals surface area contributed by atoms with Crippen molar-refractivity contribution >= 4 is 21.6 Å². The van der Waals surface area contributed by atoms with Crippen LogP contribution in [0.1, 0.15) is 25.7 Å². The Bertz CT molecular complexity index is 350. The molecule has 0 bridgehead atoms. The molecule has 0 radical (unpaired) electrons. The number of nitrogens with zero attached hydrogens (tertiary/aromatic N) is 2. The van der Waals surface area contributed by atoms with Crippen molar-refractivity contribution in [2.45, 2.75) is 31.7 Å². The van der Waals surface area contributed by atoms with Crippen molar-refractivity contribution in [3.63, 3.8) is 0 Å². The van der Waals surface area contributed by atoms with Crippen LogP contribution in [0.4, 0.5) is 5.69 Å². The summed E-state index contributed by atoms with van der Waals surface area (Å²) >= 11 is 3.49. The van der Waals surface area contributed by atoms with Gasteiger partial charge in [0.15, 0.2) is 0 Å². The van der Waals surface area contributed by atoms with Gasteiger partial charge in [0.25, 0.3) is 0 Å². The third-order valence-electron chi connectivity index (χ3n) is 3.50. The molecule has 0 saturated heterocycles. The molecular weight excluding hydrogens is 278 g/mol. The molecule has 1 N–H and O–H groups in total. The van der Waals surface area contributed by atoms with E-state index in [1.54, 1.807) is 0 Å². The van der Waals surface area contributed by atoms with Crippen LogP contribution in [0.15, 0.2) is 22.9 Å². The van der Waals surface area contributed by atoms with Crippen LogP contribution in [0, 0.1) is 0 Å². The molecule has 17 heavy (non-hydrogen) atoms. The van der Waals surface area contributed by atoms with Gasteiger partial charge in [-0.2, -0.15) is 0 Å². The van der Waals surface area contributed by atoms with E-state index in [0.29, 0.717) is 0 Å². The van der Waals surface area contributed by atoms with Gasteiger partial charge in [-0.15, -0.1) is 0 Å². The van der Waals surface area contributed by atoms with Crippen molar-refractivity contribution in [2.24, 2.45) is 0 Å². The van der Waals surface area contributed by atoms with Crippen LogP contribution in [-0.4, -0.2) is 36.1 Å². The third kappa shape index (κ3) is 3.68. The Morgan fingerprint density at radius 2 is 2.24 bits per heavy atom. The summed E-state index contributed by atoms with van der Waals surface area (Å²) in [5.74, 6) is 0. The molecule has 3 nitrogen and oxygen atoms in total. The first kappa shape index (κ1) is 12.8. The zero-order valence-corrected chi connectivity index (χ0v) is 11.9. The van der Waals surface area contributed by atoms with Crippen LogP contribution < -0.4 is 5.32 Å². The Morgan fingerprint density at radius 1 is 1.47 bits per heavy atom. The zero-order valence-electron chi connectivity index (χ0n) is 10.3. The summed E-state index contributed by atoms with van der Waals surface area (Å²) in [6.45, 7) is 2.08. The number of hydrogen-bond acceptors (Lipinski definition) is 3. The third-order valence-corrected chi connectivity index (χ3v) is 4.13. The molecule has 1 fully saturated rings. The maximum Gasteiger partial charge on any atom is 0.0590 e. The van der Waals surface area contributed by atoms with Gasteiger partial charge in [-0.05, 0) is 41.9 Å². The molecule has 94 valence electrons. The Labute approximate surface area is 112 Å². The van der Waals surface area contributed by atoms with E-state index < -0.39 is 0 Å². The summed E-state index contributed by atoms with van der Waals surface area (Å²) in [5, 5.41) is 3.44. The van der Waals surface area contributed by atoms with Gasteiger partial charge in [-0.1, -0.05) is 12.8 Å². The maximum atomic E-state index is 4.05. The fourth-order valence-electron chi connectivity index (χ4n) is 2.41. The zero-order chi connectivity index (χ0) is 12.1. The van der Waals surface area contributed by atoms with Crippen molar-refractivity contribution in [3.05, 3.63) is 22.9 Å². The van der Waals surface area contributed by atoms with E-state index in [1.165, 1.54) is 25.7 Å². The van der Waals surface area contributed by atoms with Crippen molar-refractivity contribution in [2.75, 3.05) is 25.5 Å². The molecule has 1 aromatic heterocycles. The van der Waals surface area contributed by atoms with Gasteiger partial charge in [0.05, 0.1) is 10.2 Å². The minimum Gasteiger partial charge on any atom is -0.383 e. The number of anilines is 1. The lowest BCUT2D eigenvalue weighted by Gasteiger charge is -2.24. The van der Waals surface area contributed by atoms with Gasteiger partial charge in [0.2, 0.25) is 0 Å². The van der Waals surface area contributed by atoms with Crippen LogP contribution >= 0.6 is 15.9 Å². The highest BCUT2D eigenvalue weighted by Crippen LogP contribution is 2.22. The monoisotopic (exact) mass is 297 g/mol. The number of likely N-dealkylation sites (N-methyl/N-ethyl adjacent to an activating group) is 1. The van der Waals surface area contributed by atoms with Crippen LogP contribution in [-0.2, 0) is 0 Å². The molecule has 0 atom stereocenters. The molecule has 0 spiro atoms. The number of pyridine rings is 1. The lowest BCUT2D eigenvalue weighted by molar-refractivity contribution is 0.254. The summed E-state index contributed by atoms with van der Waals surface area (Å²) < 4.78 is 1.03. The second-order valence-corrected chi connectivity index (χ2v) is 5.56. The SMILES string of the molecule is CN(CCNc1ccncc1Br)C1CCCC1. The number of rotatable bonds is 5. The van der Waals surface area contributed by atoms with E-state index in [9.17, 15) is 0 Å². The predicted molar refractivity (Wildman–Crippen MR) is 75.3 cm³/mol. The fraction of sp³-hybridized carbons (Fsp3) is 0.615.